The predicted molar refractivity (Wildman–Crippen MR) is 87.5 cm³/mol. The lowest BCUT2D eigenvalue weighted by atomic mass is 9.79. The monoisotopic (exact) mass is 285 g/mol. The van der Waals surface area contributed by atoms with Gasteiger partial charge < -0.3 is 5.32 Å². The predicted octanol–water partition coefficient (Wildman–Crippen LogP) is 4.91. The molecule has 0 amide bonds. The van der Waals surface area contributed by atoms with E-state index in [1.807, 2.05) is 11.3 Å². The summed E-state index contributed by atoms with van der Waals surface area (Å²) in [7, 11) is 0. The highest BCUT2D eigenvalue weighted by molar-refractivity contribution is 7.09. The van der Waals surface area contributed by atoms with E-state index in [0.717, 1.165) is 18.9 Å². The van der Waals surface area contributed by atoms with Crippen molar-refractivity contribution in [2.24, 2.45) is 0 Å². The normalized spacial score (nSPS) is 16.9. The van der Waals surface area contributed by atoms with Crippen molar-refractivity contribution in [2.75, 3.05) is 6.54 Å². The van der Waals surface area contributed by atoms with Crippen LogP contribution in [0.1, 0.15) is 54.1 Å². The zero-order valence-electron chi connectivity index (χ0n) is 12.1. The zero-order chi connectivity index (χ0) is 13.8. The van der Waals surface area contributed by atoms with Crippen molar-refractivity contribution in [3.05, 3.63) is 57.8 Å². The van der Waals surface area contributed by atoms with Gasteiger partial charge in [0.1, 0.15) is 0 Å². The van der Waals surface area contributed by atoms with Crippen molar-refractivity contribution in [1.29, 1.82) is 0 Å². The van der Waals surface area contributed by atoms with E-state index in [1.165, 1.54) is 29.7 Å². The molecule has 0 radical (unpaired) electrons. The summed E-state index contributed by atoms with van der Waals surface area (Å²) in [6, 6.07) is 14.1. The maximum Gasteiger partial charge on any atom is 0.0368 e. The van der Waals surface area contributed by atoms with Gasteiger partial charge in [0.05, 0.1) is 0 Å². The largest absolute Gasteiger partial charge is 0.310 e. The van der Waals surface area contributed by atoms with Crippen molar-refractivity contribution in [1.82, 2.24) is 5.32 Å². The summed E-state index contributed by atoms with van der Waals surface area (Å²) in [4.78, 5) is 1.46. The molecule has 1 aliphatic carbocycles. The van der Waals surface area contributed by atoms with Gasteiger partial charge in [0, 0.05) is 17.3 Å². The van der Waals surface area contributed by atoms with Crippen LogP contribution in [0.2, 0.25) is 0 Å². The number of thiophene rings is 1. The lowest BCUT2D eigenvalue weighted by Gasteiger charge is -2.27. The Labute approximate surface area is 126 Å². The van der Waals surface area contributed by atoms with E-state index in [4.69, 9.17) is 0 Å². The van der Waals surface area contributed by atoms with Crippen LogP contribution in [0.15, 0.2) is 41.8 Å². The van der Waals surface area contributed by atoms with Gasteiger partial charge in [-0.15, -0.1) is 11.3 Å². The van der Waals surface area contributed by atoms with Gasteiger partial charge in [-0.05, 0) is 47.9 Å². The number of hydrogen-bond acceptors (Lipinski definition) is 2. The zero-order valence-corrected chi connectivity index (χ0v) is 13.0. The van der Waals surface area contributed by atoms with Crippen LogP contribution < -0.4 is 5.32 Å². The molecule has 1 aliphatic rings. The van der Waals surface area contributed by atoms with Gasteiger partial charge in [0.2, 0.25) is 0 Å². The van der Waals surface area contributed by atoms with E-state index in [2.05, 4.69) is 54.0 Å². The standard InChI is InChI=1S/C18H23NS/c1-2-19-18(13-17-10-5-11-20-17)16-9-4-8-15(12-16)14-6-3-7-14/h4-5,8-12,14,18-19H,2-3,6-7,13H2,1H3. The first-order valence-electron chi connectivity index (χ1n) is 7.72. The molecular formula is C18H23NS. The molecule has 20 heavy (non-hydrogen) atoms. The SMILES string of the molecule is CCNC(Cc1cccs1)c1cccc(C2CCC2)c1. The molecule has 106 valence electrons. The van der Waals surface area contributed by atoms with E-state index >= 15 is 0 Å². The molecule has 2 aromatic rings. The number of likely N-dealkylation sites (N-methyl/N-ethyl adjacent to an activating group) is 1. The molecular weight excluding hydrogens is 262 g/mol. The quantitative estimate of drug-likeness (QED) is 0.795. The highest BCUT2D eigenvalue weighted by Crippen LogP contribution is 2.37. The van der Waals surface area contributed by atoms with Gasteiger partial charge in [-0.2, -0.15) is 0 Å². The second-order valence-electron chi connectivity index (χ2n) is 5.69. The highest BCUT2D eigenvalue weighted by Gasteiger charge is 2.20. The third kappa shape index (κ3) is 3.13. The number of nitrogens with one attached hydrogen (secondary N) is 1. The molecule has 1 fully saturated rings. The first kappa shape index (κ1) is 13.8. The van der Waals surface area contributed by atoms with Gasteiger partial charge in [0.25, 0.3) is 0 Å². The molecule has 3 rings (SSSR count). The Morgan fingerprint density at radius 1 is 1.25 bits per heavy atom. The van der Waals surface area contributed by atoms with Crippen molar-refractivity contribution in [3.63, 3.8) is 0 Å². The summed E-state index contributed by atoms with van der Waals surface area (Å²) in [5, 5.41) is 5.82. The average molecular weight is 285 g/mol. The second kappa shape index (κ2) is 6.55. The first-order chi connectivity index (χ1) is 9.86. The lowest BCUT2D eigenvalue weighted by molar-refractivity contribution is 0.419. The van der Waals surface area contributed by atoms with Gasteiger partial charge in [-0.1, -0.05) is 43.7 Å². The fourth-order valence-corrected chi connectivity index (χ4v) is 3.71. The maximum absolute atomic E-state index is 3.65. The molecule has 2 heteroatoms. The Bertz CT molecular complexity index is 528. The Kier molecular flexibility index (Phi) is 4.54. The van der Waals surface area contributed by atoms with Crippen LogP contribution in [-0.2, 0) is 6.42 Å². The minimum Gasteiger partial charge on any atom is -0.310 e. The van der Waals surface area contributed by atoms with Crippen molar-refractivity contribution >= 4 is 11.3 Å². The van der Waals surface area contributed by atoms with Crippen molar-refractivity contribution in [3.8, 4) is 0 Å². The van der Waals surface area contributed by atoms with E-state index in [9.17, 15) is 0 Å². The molecule has 1 aromatic carbocycles. The molecule has 1 nitrogen and oxygen atoms in total. The summed E-state index contributed by atoms with van der Waals surface area (Å²) in [6.07, 6.45) is 5.25. The van der Waals surface area contributed by atoms with Crippen LogP contribution in [0, 0.1) is 0 Å². The molecule has 0 saturated heterocycles. The van der Waals surface area contributed by atoms with Gasteiger partial charge in [-0.3, -0.25) is 0 Å². The summed E-state index contributed by atoms with van der Waals surface area (Å²) in [6.45, 7) is 3.21. The fourth-order valence-electron chi connectivity index (χ4n) is 2.96. The minimum atomic E-state index is 0.443. The molecule has 1 saturated carbocycles. The smallest absolute Gasteiger partial charge is 0.0368 e. The number of hydrogen-bond donors (Lipinski definition) is 1. The first-order valence-corrected chi connectivity index (χ1v) is 8.60. The summed E-state index contributed by atoms with van der Waals surface area (Å²) in [5.41, 5.74) is 2.99. The molecule has 1 unspecified atom stereocenters. The molecule has 1 aromatic heterocycles. The van der Waals surface area contributed by atoms with Crippen LogP contribution in [0.5, 0.6) is 0 Å². The summed E-state index contributed by atoms with van der Waals surface area (Å²) in [5.74, 6) is 0.818. The molecule has 0 aliphatic heterocycles. The van der Waals surface area contributed by atoms with Crippen LogP contribution >= 0.6 is 11.3 Å². The van der Waals surface area contributed by atoms with E-state index < -0.39 is 0 Å². The minimum absolute atomic E-state index is 0.443. The van der Waals surface area contributed by atoms with Crippen LogP contribution in [0.4, 0.5) is 0 Å². The Morgan fingerprint density at radius 3 is 2.80 bits per heavy atom. The topological polar surface area (TPSA) is 12.0 Å². The Morgan fingerprint density at radius 2 is 2.15 bits per heavy atom. The Hall–Kier alpha value is -1.12. The molecule has 1 N–H and O–H groups in total. The van der Waals surface area contributed by atoms with Gasteiger partial charge in [0.15, 0.2) is 0 Å². The van der Waals surface area contributed by atoms with Crippen molar-refractivity contribution in [2.45, 2.75) is 44.6 Å². The van der Waals surface area contributed by atoms with Gasteiger partial charge in [-0.25, -0.2) is 0 Å². The summed E-state index contributed by atoms with van der Waals surface area (Å²) >= 11 is 1.86. The molecule has 0 spiro atoms. The van der Waals surface area contributed by atoms with Gasteiger partial charge >= 0.3 is 0 Å². The lowest BCUT2D eigenvalue weighted by Crippen LogP contribution is -2.23. The third-order valence-electron chi connectivity index (χ3n) is 4.33. The highest BCUT2D eigenvalue weighted by atomic mass is 32.1. The van der Waals surface area contributed by atoms with Crippen LogP contribution in [0.25, 0.3) is 0 Å². The second-order valence-corrected chi connectivity index (χ2v) is 6.72. The average Bonchev–Trinajstić information content (AvgIpc) is 2.90. The van der Waals surface area contributed by atoms with E-state index in [0.29, 0.717) is 6.04 Å². The number of rotatable bonds is 6. The fraction of sp³-hybridized carbons (Fsp3) is 0.444. The molecule has 0 bridgehead atoms. The van der Waals surface area contributed by atoms with Crippen LogP contribution in [-0.4, -0.2) is 6.54 Å². The third-order valence-corrected chi connectivity index (χ3v) is 5.22. The van der Waals surface area contributed by atoms with Crippen molar-refractivity contribution < 1.29 is 0 Å². The van der Waals surface area contributed by atoms with Crippen LogP contribution in [0.3, 0.4) is 0 Å². The number of benzene rings is 1. The van der Waals surface area contributed by atoms with E-state index in [-0.39, 0.29) is 0 Å². The Balaban J connectivity index is 1.79. The maximum atomic E-state index is 3.65. The van der Waals surface area contributed by atoms with E-state index in [1.54, 1.807) is 5.56 Å². The summed E-state index contributed by atoms with van der Waals surface area (Å²) < 4.78 is 0. The molecule has 1 atom stereocenters. The molecule has 1 heterocycles.